The first-order valence-electron chi connectivity index (χ1n) is 13.6. The van der Waals surface area contributed by atoms with E-state index in [2.05, 4.69) is 63.2 Å². The van der Waals surface area contributed by atoms with E-state index in [-0.39, 0.29) is 29.5 Å². The summed E-state index contributed by atoms with van der Waals surface area (Å²) in [6.45, 7) is 7.41. The molecule has 2 fully saturated rings. The third-order valence-corrected chi connectivity index (χ3v) is 8.42. The molecule has 0 aliphatic carbocycles. The SMILES string of the molecule is CC[C@@H]1CN(c2nc(Cl)nc(NCC3CCCO3)c2N)[C@@H](C)CN1C(c1ccc(Cl)cc1)c1ccc(Cl)cc1. The largest absolute Gasteiger partial charge is 0.393 e. The van der Waals surface area contributed by atoms with Crippen molar-refractivity contribution in [3.8, 4) is 0 Å². The van der Waals surface area contributed by atoms with Crippen LogP contribution in [0.15, 0.2) is 48.5 Å². The van der Waals surface area contributed by atoms with Gasteiger partial charge in [-0.1, -0.05) is 54.4 Å². The lowest BCUT2D eigenvalue weighted by atomic mass is 9.92. The molecule has 2 aliphatic rings. The van der Waals surface area contributed by atoms with Gasteiger partial charge in [0, 0.05) is 48.4 Å². The van der Waals surface area contributed by atoms with Gasteiger partial charge in [-0.05, 0) is 73.2 Å². The average Bonchev–Trinajstić information content (AvgIpc) is 3.45. The number of nitrogens with zero attached hydrogens (tertiary/aromatic N) is 4. The summed E-state index contributed by atoms with van der Waals surface area (Å²) < 4.78 is 5.75. The van der Waals surface area contributed by atoms with Crippen LogP contribution in [0.5, 0.6) is 0 Å². The molecule has 3 N–H and O–H groups in total. The summed E-state index contributed by atoms with van der Waals surface area (Å²) in [4.78, 5) is 13.8. The van der Waals surface area contributed by atoms with E-state index in [4.69, 9.17) is 45.3 Å². The number of halogens is 3. The van der Waals surface area contributed by atoms with E-state index in [1.54, 1.807) is 0 Å². The van der Waals surface area contributed by atoms with Crippen LogP contribution in [0.25, 0.3) is 0 Å². The lowest BCUT2D eigenvalue weighted by Crippen LogP contribution is -2.58. The molecule has 0 spiro atoms. The van der Waals surface area contributed by atoms with Crippen molar-refractivity contribution in [3.63, 3.8) is 0 Å². The third kappa shape index (κ3) is 6.39. The number of nitrogens with one attached hydrogen (secondary N) is 1. The van der Waals surface area contributed by atoms with E-state index >= 15 is 0 Å². The normalized spacial score (nSPS) is 22.0. The minimum absolute atomic E-state index is 0.0454. The number of hydrogen-bond acceptors (Lipinski definition) is 7. The molecule has 7 nitrogen and oxygen atoms in total. The molecule has 208 valence electrons. The van der Waals surface area contributed by atoms with Crippen LogP contribution < -0.4 is 16.0 Å². The number of nitrogens with two attached hydrogens (primary N) is 1. The van der Waals surface area contributed by atoms with Crippen molar-refractivity contribution in [2.24, 2.45) is 0 Å². The van der Waals surface area contributed by atoms with Crippen LogP contribution in [0, 0.1) is 0 Å². The van der Waals surface area contributed by atoms with Gasteiger partial charge in [-0.2, -0.15) is 9.97 Å². The molecule has 2 aromatic carbocycles. The molecular formula is C29H35Cl3N6O. The first-order chi connectivity index (χ1) is 18.8. The van der Waals surface area contributed by atoms with Gasteiger partial charge in [-0.25, -0.2) is 0 Å². The number of piperazine rings is 1. The Morgan fingerprint density at radius 1 is 1.00 bits per heavy atom. The monoisotopic (exact) mass is 588 g/mol. The fourth-order valence-corrected chi connectivity index (χ4v) is 6.12. The molecule has 1 unspecified atom stereocenters. The summed E-state index contributed by atoms with van der Waals surface area (Å²) in [5.41, 5.74) is 9.54. The standard InChI is InChI=1S/C29H35Cl3N6O/c1-3-23-17-37(28-25(33)27(35-29(32)36-28)34-15-24-5-4-14-39-24)18(2)16-38(23)26(19-6-10-21(30)11-7-19)20-8-12-22(31)13-9-20/h6-13,18,23-24,26H,3-5,14-17,33H2,1-2H3,(H,34,35,36)/t18-,23+,24?/m0/s1. The number of aromatic nitrogens is 2. The zero-order valence-corrected chi connectivity index (χ0v) is 24.6. The van der Waals surface area contributed by atoms with E-state index in [0.29, 0.717) is 23.9 Å². The lowest BCUT2D eigenvalue weighted by molar-refractivity contribution is 0.115. The molecule has 0 amide bonds. The second-order valence-electron chi connectivity index (χ2n) is 10.4. The Kier molecular flexibility index (Phi) is 9.04. The molecule has 0 bridgehead atoms. The number of rotatable bonds is 8. The Balaban J connectivity index is 1.44. The third-order valence-electron chi connectivity index (χ3n) is 7.75. The summed E-state index contributed by atoms with van der Waals surface area (Å²) in [7, 11) is 0. The van der Waals surface area contributed by atoms with Crippen molar-refractivity contribution in [1.29, 1.82) is 0 Å². The van der Waals surface area contributed by atoms with Crippen molar-refractivity contribution >= 4 is 52.1 Å². The van der Waals surface area contributed by atoms with E-state index < -0.39 is 0 Å². The van der Waals surface area contributed by atoms with E-state index in [1.807, 2.05) is 24.3 Å². The summed E-state index contributed by atoms with van der Waals surface area (Å²) >= 11 is 18.9. The molecule has 1 aromatic heterocycles. The van der Waals surface area contributed by atoms with Crippen molar-refractivity contribution in [2.75, 3.05) is 42.2 Å². The molecule has 3 aromatic rings. The smallest absolute Gasteiger partial charge is 0.226 e. The summed E-state index contributed by atoms with van der Waals surface area (Å²) in [6.07, 6.45) is 3.21. The maximum atomic E-state index is 6.65. The number of hydrogen-bond donors (Lipinski definition) is 2. The molecule has 0 radical (unpaired) electrons. The summed E-state index contributed by atoms with van der Waals surface area (Å²) in [6, 6.07) is 16.7. The molecule has 2 saturated heterocycles. The highest BCUT2D eigenvalue weighted by Gasteiger charge is 2.37. The van der Waals surface area contributed by atoms with Gasteiger partial charge in [0.15, 0.2) is 11.6 Å². The zero-order chi connectivity index (χ0) is 27.5. The van der Waals surface area contributed by atoms with Crippen molar-refractivity contribution in [2.45, 2.75) is 57.3 Å². The molecule has 39 heavy (non-hydrogen) atoms. The molecule has 5 rings (SSSR count). The van der Waals surface area contributed by atoms with Gasteiger partial charge >= 0.3 is 0 Å². The first kappa shape index (κ1) is 28.2. The topological polar surface area (TPSA) is 79.5 Å². The molecule has 2 aliphatic heterocycles. The van der Waals surface area contributed by atoms with Gasteiger partial charge < -0.3 is 20.7 Å². The predicted octanol–water partition coefficient (Wildman–Crippen LogP) is 6.69. The Morgan fingerprint density at radius 3 is 2.21 bits per heavy atom. The number of benzene rings is 2. The summed E-state index contributed by atoms with van der Waals surface area (Å²) in [5.74, 6) is 1.23. The highest BCUT2D eigenvalue weighted by atomic mass is 35.5. The van der Waals surface area contributed by atoms with Crippen LogP contribution in [0.2, 0.25) is 15.3 Å². The Morgan fingerprint density at radius 2 is 1.64 bits per heavy atom. The number of nitrogen functional groups attached to an aromatic ring is 1. The van der Waals surface area contributed by atoms with Gasteiger partial charge in [0.2, 0.25) is 5.28 Å². The molecule has 3 heterocycles. The maximum absolute atomic E-state index is 6.65. The highest BCUT2D eigenvalue weighted by molar-refractivity contribution is 6.30. The Bertz CT molecular complexity index is 1210. The zero-order valence-electron chi connectivity index (χ0n) is 22.3. The quantitative estimate of drug-likeness (QED) is 0.283. The van der Waals surface area contributed by atoms with E-state index in [1.165, 1.54) is 11.1 Å². The average molecular weight is 590 g/mol. The Labute approximate surface area is 245 Å². The number of anilines is 3. The van der Waals surface area contributed by atoms with Crippen LogP contribution in [0.4, 0.5) is 17.3 Å². The fraction of sp³-hybridized carbons (Fsp3) is 0.448. The van der Waals surface area contributed by atoms with E-state index in [9.17, 15) is 0 Å². The summed E-state index contributed by atoms with van der Waals surface area (Å²) in [5, 5.41) is 4.97. The van der Waals surface area contributed by atoms with E-state index in [0.717, 1.165) is 49.0 Å². The first-order valence-corrected chi connectivity index (χ1v) is 14.7. The Hall–Kier alpha value is -2.29. The number of ether oxygens (including phenoxy) is 1. The molecule has 10 heteroatoms. The van der Waals surface area contributed by atoms with Crippen molar-refractivity contribution in [1.82, 2.24) is 14.9 Å². The predicted molar refractivity (Wildman–Crippen MR) is 161 cm³/mol. The van der Waals surface area contributed by atoms with Gasteiger partial charge in [-0.15, -0.1) is 0 Å². The maximum Gasteiger partial charge on any atom is 0.226 e. The highest BCUT2D eigenvalue weighted by Crippen LogP contribution is 2.38. The van der Waals surface area contributed by atoms with Gasteiger partial charge in [-0.3, -0.25) is 4.90 Å². The second kappa shape index (κ2) is 12.5. The van der Waals surface area contributed by atoms with Crippen molar-refractivity contribution < 1.29 is 4.74 Å². The van der Waals surface area contributed by atoms with Crippen LogP contribution in [0.1, 0.15) is 50.3 Å². The van der Waals surface area contributed by atoms with Crippen LogP contribution in [-0.2, 0) is 4.74 Å². The fourth-order valence-electron chi connectivity index (χ4n) is 5.71. The lowest BCUT2D eigenvalue weighted by Gasteiger charge is -2.49. The van der Waals surface area contributed by atoms with Gasteiger partial charge in [0.1, 0.15) is 5.69 Å². The molecule has 0 saturated carbocycles. The van der Waals surface area contributed by atoms with Crippen LogP contribution in [0.3, 0.4) is 0 Å². The van der Waals surface area contributed by atoms with Crippen LogP contribution in [-0.4, -0.2) is 59.3 Å². The molecule has 3 atom stereocenters. The minimum atomic E-state index is 0.0454. The second-order valence-corrected chi connectivity index (χ2v) is 11.6. The van der Waals surface area contributed by atoms with Crippen molar-refractivity contribution in [3.05, 3.63) is 75.0 Å². The van der Waals surface area contributed by atoms with Gasteiger partial charge in [0.05, 0.1) is 12.1 Å². The van der Waals surface area contributed by atoms with Crippen LogP contribution >= 0.6 is 34.8 Å². The molecular weight excluding hydrogens is 555 g/mol. The minimum Gasteiger partial charge on any atom is -0.393 e. The van der Waals surface area contributed by atoms with Gasteiger partial charge in [0.25, 0.3) is 0 Å².